The van der Waals surface area contributed by atoms with E-state index < -0.39 is 5.60 Å². The zero-order chi connectivity index (χ0) is 19.3. The molecule has 0 aliphatic rings. The summed E-state index contributed by atoms with van der Waals surface area (Å²) < 4.78 is 5.74. The van der Waals surface area contributed by atoms with Crippen LogP contribution in [-0.4, -0.2) is 32.2 Å². The van der Waals surface area contributed by atoms with Gasteiger partial charge in [-0.25, -0.2) is 0 Å². The quantitative estimate of drug-likeness (QED) is 0.754. The molecular weight excluding hydrogens is 328 g/mol. The third-order valence-electron chi connectivity index (χ3n) is 4.39. The normalized spacial score (nSPS) is 15.5. The number of nitrogens with one attached hydrogen (secondary N) is 1. The maximum atomic E-state index is 13.1. The van der Waals surface area contributed by atoms with Crippen LogP contribution in [0, 0.1) is 11.8 Å². The lowest BCUT2D eigenvalue weighted by Gasteiger charge is -2.32. The summed E-state index contributed by atoms with van der Waals surface area (Å²) in [6.45, 7) is 12.0. The smallest absolute Gasteiger partial charge is 0.310 e. The largest absolute Gasteiger partial charge is 0.460 e. The van der Waals surface area contributed by atoms with E-state index in [0.717, 1.165) is 5.56 Å². The molecule has 6 nitrogen and oxygen atoms in total. The highest BCUT2D eigenvalue weighted by Crippen LogP contribution is 2.40. The lowest BCUT2D eigenvalue weighted by molar-refractivity contribution is -0.162. The van der Waals surface area contributed by atoms with Crippen LogP contribution in [0.1, 0.15) is 71.2 Å². The second-order valence-electron chi connectivity index (χ2n) is 8.26. The van der Waals surface area contributed by atoms with E-state index in [1.807, 2.05) is 39.0 Å². The Bertz CT molecular complexity index is 678. The molecule has 3 atom stereocenters. The van der Waals surface area contributed by atoms with Gasteiger partial charge in [-0.1, -0.05) is 56.3 Å². The van der Waals surface area contributed by atoms with E-state index in [4.69, 9.17) is 4.74 Å². The van der Waals surface area contributed by atoms with Gasteiger partial charge in [0.15, 0.2) is 5.82 Å². The minimum Gasteiger partial charge on any atom is -0.460 e. The molecule has 0 saturated heterocycles. The van der Waals surface area contributed by atoms with Crippen LogP contribution in [0.25, 0.3) is 0 Å². The summed E-state index contributed by atoms with van der Waals surface area (Å²) in [6, 6.07) is 10.1. The molecule has 142 valence electrons. The molecule has 2 aromatic rings. The number of ether oxygens (including phenoxy) is 1. The maximum absolute atomic E-state index is 13.1. The second kappa shape index (κ2) is 8.43. The van der Waals surface area contributed by atoms with Crippen LogP contribution in [-0.2, 0) is 9.53 Å². The topological polar surface area (TPSA) is 80.8 Å². The molecule has 1 aromatic heterocycles. The molecule has 1 heterocycles. The lowest BCUT2D eigenvalue weighted by atomic mass is 9.75. The molecule has 0 saturated carbocycles. The number of aromatic amines is 1. The van der Waals surface area contributed by atoms with Crippen LogP contribution in [0.4, 0.5) is 0 Å². The molecule has 0 aliphatic heterocycles. The van der Waals surface area contributed by atoms with Crippen molar-refractivity contribution in [2.75, 3.05) is 0 Å². The molecule has 0 aliphatic carbocycles. The van der Waals surface area contributed by atoms with Crippen molar-refractivity contribution >= 4 is 5.97 Å². The Morgan fingerprint density at radius 2 is 1.81 bits per heavy atom. The Morgan fingerprint density at radius 3 is 2.31 bits per heavy atom. The SMILES string of the molecule is CC(C)CC(C(=O)OC(C)(C)C)C(c1nn[nH]n1)C(C)c1ccccc1. The van der Waals surface area contributed by atoms with E-state index in [2.05, 4.69) is 53.5 Å². The van der Waals surface area contributed by atoms with Gasteiger partial charge >= 0.3 is 5.97 Å². The average molecular weight is 358 g/mol. The van der Waals surface area contributed by atoms with Crippen LogP contribution in [0.3, 0.4) is 0 Å². The summed E-state index contributed by atoms with van der Waals surface area (Å²) in [7, 11) is 0. The highest BCUT2D eigenvalue weighted by molar-refractivity contribution is 5.74. The average Bonchev–Trinajstić information content (AvgIpc) is 3.07. The van der Waals surface area contributed by atoms with Crippen LogP contribution in [0.5, 0.6) is 0 Å². The predicted octanol–water partition coefficient (Wildman–Crippen LogP) is 4.09. The highest BCUT2D eigenvalue weighted by atomic mass is 16.6. The van der Waals surface area contributed by atoms with Crippen molar-refractivity contribution in [2.24, 2.45) is 11.8 Å². The number of H-pyrrole nitrogens is 1. The Labute approximate surface area is 155 Å². The van der Waals surface area contributed by atoms with Gasteiger partial charge in [-0.3, -0.25) is 4.79 Å². The van der Waals surface area contributed by atoms with Crippen molar-refractivity contribution in [1.29, 1.82) is 0 Å². The van der Waals surface area contributed by atoms with Gasteiger partial charge in [-0.15, -0.1) is 10.2 Å². The van der Waals surface area contributed by atoms with Gasteiger partial charge < -0.3 is 4.74 Å². The number of carbonyl (C=O) groups is 1. The van der Waals surface area contributed by atoms with E-state index in [0.29, 0.717) is 18.2 Å². The summed E-state index contributed by atoms with van der Waals surface area (Å²) >= 11 is 0. The van der Waals surface area contributed by atoms with Gasteiger partial charge in [-0.05, 0) is 44.6 Å². The first-order valence-corrected chi connectivity index (χ1v) is 9.20. The third-order valence-corrected chi connectivity index (χ3v) is 4.39. The summed E-state index contributed by atoms with van der Waals surface area (Å²) in [4.78, 5) is 13.1. The molecular formula is C20H30N4O2. The van der Waals surface area contributed by atoms with Gasteiger partial charge in [0.05, 0.1) is 5.92 Å². The maximum Gasteiger partial charge on any atom is 0.310 e. The second-order valence-corrected chi connectivity index (χ2v) is 8.26. The van der Waals surface area contributed by atoms with E-state index >= 15 is 0 Å². The Balaban J connectivity index is 2.43. The predicted molar refractivity (Wildman–Crippen MR) is 101 cm³/mol. The zero-order valence-corrected chi connectivity index (χ0v) is 16.6. The van der Waals surface area contributed by atoms with Crippen molar-refractivity contribution in [3.63, 3.8) is 0 Å². The standard InChI is InChI=1S/C20H30N4O2/c1-13(2)12-16(19(25)26-20(4,5)6)17(18-21-23-24-22-18)14(3)15-10-8-7-9-11-15/h7-11,13-14,16-17H,12H2,1-6H3,(H,21,22,23,24). The lowest BCUT2D eigenvalue weighted by Crippen LogP contribution is -2.34. The van der Waals surface area contributed by atoms with Crippen LogP contribution >= 0.6 is 0 Å². The van der Waals surface area contributed by atoms with Gasteiger partial charge in [0.2, 0.25) is 0 Å². The number of nitrogens with zero attached hydrogens (tertiary/aromatic N) is 3. The van der Waals surface area contributed by atoms with Crippen molar-refractivity contribution in [1.82, 2.24) is 20.6 Å². The Morgan fingerprint density at radius 1 is 1.15 bits per heavy atom. The zero-order valence-electron chi connectivity index (χ0n) is 16.6. The molecule has 0 amide bonds. The molecule has 26 heavy (non-hydrogen) atoms. The monoisotopic (exact) mass is 358 g/mol. The number of hydrogen-bond acceptors (Lipinski definition) is 5. The van der Waals surface area contributed by atoms with E-state index in [-0.39, 0.29) is 23.7 Å². The first-order valence-electron chi connectivity index (χ1n) is 9.20. The van der Waals surface area contributed by atoms with Crippen LogP contribution in [0.2, 0.25) is 0 Å². The van der Waals surface area contributed by atoms with Gasteiger partial charge in [-0.2, -0.15) is 5.21 Å². The first kappa shape index (κ1) is 20.1. The van der Waals surface area contributed by atoms with Crippen molar-refractivity contribution in [2.45, 2.75) is 65.4 Å². The Hall–Kier alpha value is -2.24. The molecule has 0 spiro atoms. The number of tetrazole rings is 1. The number of aromatic nitrogens is 4. The molecule has 0 bridgehead atoms. The van der Waals surface area contributed by atoms with Gasteiger partial charge in [0.1, 0.15) is 5.60 Å². The number of benzene rings is 1. The fraction of sp³-hybridized carbons (Fsp3) is 0.600. The fourth-order valence-electron chi connectivity index (χ4n) is 3.30. The molecule has 0 fully saturated rings. The summed E-state index contributed by atoms with van der Waals surface area (Å²) in [5, 5.41) is 14.7. The van der Waals surface area contributed by atoms with Gasteiger partial charge in [0, 0.05) is 5.92 Å². The number of esters is 1. The summed E-state index contributed by atoms with van der Waals surface area (Å²) in [5.74, 6) is 0.173. The van der Waals surface area contributed by atoms with Crippen LogP contribution in [0.15, 0.2) is 30.3 Å². The minimum atomic E-state index is -0.538. The summed E-state index contributed by atoms with van der Waals surface area (Å²) in [6.07, 6.45) is 0.700. The van der Waals surface area contributed by atoms with Crippen LogP contribution < -0.4 is 0 Å². The minimum absolute atomic E-state index is 0.0464. The molecule has 2 rings (SSSR count). The molecule has 6 heteroatoms. The first-order chi connectivity index (χ1) is 12.2. The number of rotatable bonds is 7. The third kappa shape index (κ3) is 5.38. The van der Waals surface area contributed by atoms with Crippen molar-refractivity contribution in [3.05, 3.63) is 41.7 Å². The van der Waals surface area contributed by atoms with E-state index in [1.165, 1.54) is 0 Å². The highest BCUT2D eigenvalue weighted by Gasteiger charge is 2.39. The molecule has 1 aromatic carbocycles. The molecule has 0 radical (unpaired) electrons. The summed E-state index contributed by atoms with van der Waals surface area (Å²) in [5.41, 5.74) is 0.601. The number of carbonyl (C=O) groups excluding carboxylic acids is 1. The number of hydrogen-bond donors (Lipinski definition) is 1. The van der Waals surface area contributed by atoms with E-state index in [9.17, 15) is 4.79 Å². The molecule has 3 unspecified atom stereocenters. The van der Waals surface area contributed by atoms with Crippen molar-refractivity contribution in [3.8, 4) is 0 Å². The fourth-order valence-corrected chi connectivity index (χ4v) is 3.30. The van der Waals surface area contributed by atoms with E-state index in [1.54, 1.807) is 0 Å². The Kier molecular flexibility index (Phi) is 6.51. The van der Waals surface area contributed by atoms with Crippen molar-refractivity contribution < 1.29 is 9.53 Å². The van der Waals surface area contributed by atoms with Gasteiger partial charge in [0.25, 0.3) is 0 Å². The molecule has 1 N–H and O–H groups in total.